The number of halogens is 4. The molecule has 2 aromatic carbocycles. The fourth-order valence-corrected chi connectivity index (χ4v) is 4.62. The minimum Gasteiger partial charge on any atom is -0.508 e. The Morgan fingerprint density at radius 3 is 2.16 bits per heavy atom. The summed E-state index contributed by atoms with van der Waals surface area (Å²) in [5.41, 5.74) is -2.65. The molecule has 2 aromatic rings. The second kappa shape index (κ2) is 10.5. The summed E-state index contributed by atoms with van der Waals surface area (Å²) in [6.45, 7) is 3.30. The highest BCUT2D eigenvalue weighted by Gasteiger charge is 2.42. The lowest BCUT2D eigenvalue weighted by Crippen LogP contribution is -2.32. The average Bonchev–Trinajstić information content (AvgIpc) is 2.68. The van der Waals surface area contributed by atoms with E-state index < -0.39 is 25.1 Å². The number of nitrogens with one attached hydrogen (secondary N) is 1. The van der Waals surface area contributed by atoms with Gasteiger partial charge < -0.3 is 29.3 Å². The third kappa shape index (κ3) is 6.43. The molecule has 3 N–H and O–H groups in total. The van der Waals surface area contributed by atoms with Crippen LogP contribution in [0.3, 0.4) is 0 Å². The average molecular weight is 484 g/mol. The summed E-state index contributed by atoms with van der Waals surface area (Å²) in [6.07, 6.45) is -4.23. The summed E-state index contributed by atoms with van der Waals surface area (Å²) in [4.78, 5) is 0. The number of hydrogen-bond acceptors (Lipinski definition) is 7. The number of phenolic OH excluding ortho intramolecular Hbond substituents is 2. The molecule has 0 radical (unpaired) electrons. The number of anilines is 1. The summed E-state index contributed by atoms with van der Waals surface area (Å²) < 4.78 is 67.8. The lowest BCUT2D eigenvalue weighted by Gasteiger charge is -2.28. The Labute approximate surface area is 182 Å². The quantitative estimate of drug-likeness (QED) is 0.267. The maximum Gasteiger partial charge on any atom is 0.444 e. The van der Waals surface area contributed by atoms with Gasteiger partial charge in [0.1, 0.15) is 17.2 Å². The second-order valence-corrected chi connectivity index (χ2v) is 8.65. The Bertz CT molecular complexity index is 906. The zero-order valence-corrected chi connectivity index (χ0v) is 18.2. The highest BCUT2D eigenvalue weighted by molar-refractivity contribution is 7.54. The molecule has 0 bridgehead atoms. The van der Waals surface area contributed by atoms with Crippen LogP contribution < -0.4 is 10.1 Å². The smallest absolute Gasteiger partial charge is 0.444 e. The molecule has 172 valence electrons. The molecule has 0 aliphatic heterocycles. The van der Waals surface area contributed by atoms with Crippen LogP contribution in [0.4, 0.5) is 18.9 Å². The van der Waals surface area contributed by atoms with Crippen molar-refractivity contribution in [2.75, 3.05) is 18.5 Å². The maximum absolute atomic E-state index is 13.4. The molecule has 0 spiro atoms. The van der Waals surface area contributed by atoms with Gasteiger partial charge in [0, 0.05) is 17.3 Å². The Morgan fingerprint density at radius 1 is 1.10 bits per heavy atom. The molecule has 31 heavy (non-hydrogen) atoms. The number of hydrogen-bond donors (Lipinski definition) is 3. The first-order valence-corrected chi connectivity index (χ1v) is 11.2. The third-order valence-corrected chi connectivity index (χ3v) is 6.44. The van der Waals surface area contributed by atoms with E-state index in [1.54, 1.807) is 13.8 Å². The van der Waals surface area contributed by atoms with E-state index in [2.05, 4.69) is 10.1 Å². The molecule has 0 saturated heterocycles. The molecule has 0 amide bonds. The van der Waals surface area contributed by atoms with Crippen LogP contribution in [-0.4, -0.2) is 35.2 Å². The van der Waals surface area contributed by atoms with Gasteiger partial charge in [-0.15, -0.1) is 0 Å². The topological polar surface area (TPSA) is 97.3 Å². The first-order chi connectivity index (χ1) is 14.5. The molecule has 12 heteroatoms. The Hall–Kier alpha value is -2.13. The number of rotatable bonds is 11. The molecule has 0 fully saturated rings. The molecule has 2 unspecified atom stereocenters. The highest BCUT2D eigenvalue weighted by atomic mass is 35.5. The molecule has 2 atom stereocenters. The Morgan fingerprint density at radius 2 is 1.68 bits per heavy atom. The predicted octanol–water partition coefficient (Wildman–Crippen LogP) is 5.98. The van der Waals surface area contributed by atoms with Crippen molar-refractivity contribution in [3.05, 3.63) is 48.0 Å². The first-order valence-electron chi connectivity index (χ1n) is 9.14. The summed E-state index contributed by atoms with van der Waals surface area (Å²) in [7, 11) is -3.89. The normalized spacial score (nSPS) is 14.1. The van der Waals surface area contributed by atoms with E-state index in [-0.39, 0.29) is 41.7 Å². The van der Waals surface area contributed by atoms with Crippen molar-refractivity contribution in [3.63, 3.8) is 0 Å². The largest absolute Gasteiger partial charge is 0.508 e. The van der Waals surface area contributed by atoms with Crippen molar-refractivity contribution in [2.24, 2.45) is 0 Å². The van der Waals surface area contributed by atoms with Gasteiger partial charge in [0.25, 0.3) is 5.63 Å². The first kappa shape index (κ1) is 25.1. The van der Waals surface area contributed by atoms with Crippen LogP contribution in [0.25, 0.3) is 0 Å². The SMILES string of the molecule is CCOP(=O)(OCC)C(Nc1ccc(OC(F)(F)C(F)Cl)cc1)c1ccc(O)cc1O. The Kier molecular flexibility index (Phi) is 8.48. The van der Waals surface area contributed by atoms with E-state index in [1.807, 2.05) is 0 Å². The lowest BCUT2D eigenvalue weighted by atomic mass is 10.2. The molecule has 0 aromatic heterocycles. The molecule has 7 nitrogen and oxygen atoms in total. The zero-order chi connectivity index (χ0) is 23.2. The van der Waals surface area contributed by atoms with Crippen molar-refractivity contribution < 1.29 is 41.7 Å². The summed E-state index contributed by atoms with van der Waals surface area (Å²) in [5.74, 6) is -2.15. The van der Waals surface area contributed by atoms with Crippen molar-refractivity contribution >= 4 is 24.9 Å². The molecule has 0 heterocycles. The highest BCUT2D eigenvalue weighted by Crippen LogP contribution is 2.62. The third-order valence-electron chi connectivity index (χ3n) is 3.91. The van der Waals surface area contributed by atoms with E-state index in [1.165, 1.54) is 24.3 Å². The summed E-state index contributed by atoms with van der Waals surface area (Å²) in [5, 5.41) is 22.7. The fraction of sp³-hybridized carbons (Fsp3) is 0.368. The van der Waals surface area contributed by atoms with Gasteiger partial charge in [0.2, 0.25) is 0 Å². The van der Waals surface area contributed by atoms with Crippen LogP contribution in [0.5, 0.6) is 17.2 Å². The van der Waals surface area contributed by atoms with Crippen LogP contribution in [-0.2, 0) is 13.6 Å². The standard InChI is InChI=1S/C19H22ClF3NO6P/c1-3-28-31(27,29-4-2)17(15-10-7-13(25)11-16(15)26)24-12-5-8-14(9-6-12)30-19(22,23)18(20)21/h5-11,17-18,24-26H,3-4H2,1-2H3. The van der Waals surface area contributed by atoms with Crippen LogP contribution >= 0.6 is 19.2 Å². The molecule has 0 aliphatic carbocycles. The van der Waals surface area contributed by atoms with E-state index >= 15 is 0 Å². The van der Waals surface area contributed by atoms with Crippen molar-refractivity contribution in [1.82, 2.24) is 0 Å². The van der Waals surface area contributed by atoms with Gasteiger partial charge in [-0.1, -0.05) is 11.6 Å². The zero-order valence-electron chi connectivity index (χ0n) is 16.6. The monoisotopic (exact) mass is 483 g/mol. The van der Waals surface area contributed by atoms with E-state index in [0.29, 0.717) is 0 Å². The van der Waals surface area contributed by atoms with Gasteiger partial charge in [-0.25, -0.2) is 4.39 Å². The molecule has 0 aliphatic rings. The van der Waals surface area contributed by atoms with Crippen LogP contribution in [0, 0.1) is 0 Å². The molecular formula is C19H22ClF3NO6P. The minimum absolute atomic E-state index is 0.0407. The van der Waals surface area contributed by atoms with Gasteiger partial charge >= 0.3 is 13.7 Å². The fourth-order valence-electron chi connectivity index (χ4n) is 2.62. The van der Waals surface area contributed by atoms with Gasteiger partial charge in [-0.05, 0) is 50.2 Å². The molecule has 0 saturated carbocycles. The molecule has 2 rings (SSSR count). The number of benzene rings is 2. The lowest BCUT2D eigenvalue weighted by molar-refractivity contribution is -0.199. The van der Waals surface area contributed by atoms with Crippen molar-refractivity contribution in [1.29, 1.82) is 0 Å². The van der Waals surface area contributed by atoms with Gasteiger partial charge in [0.15, 0.2) is 5.78 Å². The van der Waals surface area contributed by atoms with E-state index in [4.69, 9.17) is 20.6 Å². The summed E-state index contributed by atoms with van der Waals surface area (Å²) in [6, 6.07) is 8.53. The van der Waals surface area contributed by atoms with E-state index in [0.717, 1.165) is 18.2 Å². The van der Waals surface area contributed by atoms with Crippen molar-refractivity contribution in [2.45, 2.75) is 31.4 Å². The van der Waals surface area contributed by atoms with E-state index in [9.17, 15) is 27.9 Å². The molecular weight excluding hydrogens is 462 g/mol. The number of alkyl halides is 4. The van der Waals surface area contributed by atoms with Crippen molar-refractivity contribution in [3.8, 4) is 17.2 Å². The number of ether oxygens (including phenoxy) is 1. The number of phenols is 2. The second-order valence-electron chi connectivity index (χ2n) is 6.15. The summed E-state index contributed by atoms with van der Waals surface area (Å²) >= 11 is 4.77. The van der Waals surface area contributed by atoms with Crippen LogP contribution in [0.2, 0.25) is 0 Å². The van der Waals surface area contributed by atoms with Crippen LogP contribution in [0.1, 0.15) is 25.2 Å². The predicted molar refractivity (Wildman–Crippen MR) is 110 cm³/mol. The maximum atomic E-state index is 13.4. The van der Waals surface area contributed by atoms with Gasteiger partial charge in [-0.3, -0.25) is 4.57 Å². The Balaban J connectivity index is 2.38. The van der Waals surface area contributed by atoms with Crippen LogP contribution in [0.15, 0.2) is 42.5 Å². The minimum atomic E-state index is -4.23. The number of aromatic hydroxyl groups is 2. The van der Waals surface area contributed by atoms with Gasteiger partial charge in [0.05, 0.1) is 13.2 Å². The van der Waals surface area contributed by atoms with Gasteiger partial charge in [-0.2, -0.15) is 8.78 Å².